The van der Waals surface area contributed by atoms with Gasteiger partial charge in [-0.15, -0.1) is 0 Å². The standard InChI is InChI=1S/C12H15FN2O/c1-8(2)6-15-7-10-4-3-9(12(14)16)5-11(10)13/h3-5,15H,1,6-7H2,2H3,(H2,14,16). The van der Waals surface area contributed by atoms with E-state index in [1.165, 1.54) is 6.07 Å². The Labute approximate surface area is 94.1 Å². The van der Waals surface area contributed by atoms with Gasteiger partial charge in [0.2, 0.25) is 5.91 Å². The fourth-order valence-corrected chi connectivity index (χ4v) is 1.25. The van der Waals surface area contributed by atoms with Crippen LogP contribution < -0.4 is 11.1 Å². The molecule has 0 bridgehead atoms. The number of rotatable bonds is 5. The molecule has 16 heavy (non-hydrogen) atoms. The van der Waals surface area contributed by atoms with Crippen LogP contribution in [0.1, 0.15) is 22.8 Å². The minimum atomic E-state index is -0.625. The van der Waals surface area contributed by atoms with E-state index in [1.807, 2.05) is 6.92 Å². The fraction of sp³-hybridized carbons (Fsp3) is 0.250. The number of halogens is 1. The highest BCUT2D eigenvalue weighted by Crippen LogP contribution is 2.10. The highest BCUT2D eigenvalue weighted by Gasteiger charge is 2.06. The van der Waals surface area contributed by atoms with Crippen molar-refractivity contribution in [3.63, 3.8) is 0 Å². The lowest BCUT2D eigenvalue weighted by molar-refractivity contribution is 0.1000. The van der Waals surface area contributed by atoms with E-state index in [0.717, 1.165) is 11.6 Å². The van der Waals surface area contributed by atoms with Crippen LogP contribution in [0.4, 0.5) is 4.39 Å². The predicted molar refractivity (Wildman–Crippen MR) is 61.4 cm³/mol. The number of nitrogens with two attached hydrogens (primary N) is 1. The van der Waals surface area contributed by atoms with Gasteiger partial charge in [-0.3, -0.25) is 4.79 Å². The summed E-state index contributed by atoms with van der Waals surface area (Å²) < 4.78 is 13.5. The number of hydrogen-bond donors (Lipinski definition) is 2. The van der Waals surface area contributed by atoms with Gasteiger partial charge in [0, 0.05) is 24.2 Å². The van der Waals surface area contributed by atoms with E-state index in [-0.39, 0.29) is 5.56 Å². The number of carbonyl (C=O) groups excluding carboxylic acids is 1. The van der Waals surface area contributed by atoms with Crippen molar-refractivity contribution in [1.29, 1.82) is 0 Å². The predicted octanol–water partition coefficient (Wildman–Crippen LogP) is 1.59. The third kappa shape index (κ3) is 3.47. The van der Waals surface area contributed by atoms with E-state index in [9.17, 15) is 9.18 Å². The number of nitrogens with one attached hydrogen (secondary N) is 1. The van der Waals surface area contributed by atoms with Crippen LogP contribution in [-0.4, -0.2) is 12.5 Å². The zero-order valence-electron chi connectivity index (χ0n) is 9.22. The highest BCUT2D eigenvalue weighted by molar-refractivity contribution is 5.92. The zero-order valence-corrected chi connectivity index (χ0v) is 9.22. The first-order valence-electron chi connectivity index (χ1n) is 4.94. The van der Waals surface area contributed by atoms with Crippen LogP contribution in [0.25, 0.3) is 0 Å². The fourth-order valence-electron chi connectivity index (χ4n) is 1.25. The van der Waals surface area contributed by atoms with Crippen LogP contribution in [0.3, 0.4) is 0 Å². The molecule has 3 N–H and O–H groups in total. The highest BCUT2D eigenvalue weighted by atomic mass is 19.1. The summed E-state index contributed by atoms with van der Waals surface area (Å²) in [6, 6.07) is 4.23. The topological polar surface area (TPSA) is 55.1 Å². The molecule has 0 aliphatic rings. The third-order valence-corrected chi connectivity index (χ3v) is 2.08. The first-order valence-corrected chi connectivity index (χ1v) is 4.94. The molecule has 0 aliphatic heterocycles. The molecule has 0 spiro atoms. The van der Waals surface area contributed by atoms with Crippen molar-refractivity contribution in [1.82, 2.24) is 5.32 Å². The lowest BCUT2D eigenvalue weighted by Gasteiger charge is -2.06. The Balaban J connectivity index is 2.68. The smallest absolute Gasteiger partial charge is 0.248 e. The van der Waals surface area contributed by atoms with E-state index in [2.05, 4.69) is 11.9 Å². The minimum Gasteiger partial charge on any atom is -0.366 e. The number of hydrogen-bond acceptors (Lipinski definition) is 2. The molecule has 0 heterocycles. The van der Waals surface area contributed by atoms with Crippen LogP contribution in [0, 0.1) is 5.82 Å². The summed E-state index contributed by atoms with van der Waals surface area (Å²) in [6.07, 6.45) is 0. The first kappa shape index (κ1) is 12.4. The van der Waals surface area contributed by atoms with Crippen molar-refractivity contribution in [2.45, 2.75) is 13.5 Å². The van der Waals surface area contributed by atoms with E-state index in [1.54, 1.807) is 6.07 Å². The zero-order chi connectivity index (χ0) is 12.1. The average Bonchev–Trinajstić information content (AvgIpc) is 2.19. The number of carbonyl (C=O) groups is 1. The molecule has 0 saturated heterocycles. The maximum atomic E-state index is 13.5. The van der Waals surface area contributed by atoms with Crippen molar-refractivity contribution >= 4 is 5.91 Å². The second kappa shape index (κ2) is 5.42. The quantitative estimate of drug-likeness (QED) is 0.743. The normalized spacial score (nSPS) is 10.1. The molecular formula is C12H15FN2O. The molecule has 0 aliphatic carbocycles. The largest absolute Gasteiger partial charge is 0.366 e. The van der Waals surface area contributed by atoms with Gasteiger partial charge in [0.05, 0.1) is 0 Å². The minimum absolute atomic E-state index is 0.182. The van der Waals surface area contributed by atoms with Crippen molar-refractivity contribution in [3.05, 3.63) is 47.3 Å². The maximum absolute atomic E-state index is 13.5. The molecule has 1 aromatic carbocycles. The summed E-state index contributed by atoms with van der Waals surface area (Å²) in [4.78, 5) is 10.8. The first-order chi connectivity index (χ1) is 7.50. The molecule has 0 unspecified atom stereocenters. The molecule has 0 aromatic heterocycles. The monoisotopic (exact) mass is 222 g/mol. The molecule has 1 amide bonds. The summed E-state index contributed by atoms with van der Waals surface area (Å²) in [7, 11) is 0. The van der Waals surface area contributed by atoms with Crippen LogP contribution in [-0.2, 0) is 6.54 Å². The Hall–Kier alpha value is -1.68. The summed E-state index contributed by atoms with van der Waals surface area (Å²) >= 11 is 0. The average molecular weight is 222 g/mol. The van der Waals surface area contributed by atoms with Gasteiger partial charge in [-0.25, -0.2) is 4.39 Å². The lowest BCUT2D eigenvalue weighted by Crippen LogP contribution is -2.17. The number of amides is 1. The SMILES string of the molecule is C=C(C)CNCc1ccc(C(N)=O)cc1F. The summed E-state index contributed by atoms with van der Waals surface area (Å²) in [5, 5.41) is 3.03. The van der Waals surface area contributed by atoms with Crippen LogP contribution in [0.15, 0.2) is 30.4 Å². The molecule has 4 heteroatoms. The van der Waals surface area contributed by atoms with Crippen molar-refractivity contribution in [3.8, 4) is 0 Å². The molecule has 86 valence electrons. The molecule has 0 fully saturated rings. The van der Waals surface area contributed by atoms with Crippen LogP contribution >= 0.6 is 0 Å². The van der Waals surface area contributed by atoms with Gasteiger partial charge in [-0.2, -0.15) is 0 Å². The number of primary amides is 1. The van der Waals surface area contributed by atoms with E-state index >= 15 is 0 Å². The second-order valence-corrected chi connectivity index (χ2v) is 3.73. The Morgan fingerprint density at radius 1 is 1.56 bits per heavy atom. The van der Waals surface area contributed by atoms with Gasteiger partial charge in [-0.1, -0.05) is 18.2 Å². The Kier molecular flexibility index (Phi) is 4.19. The number of benzene rings is 1. The third-order valence-electron chi connectivity index (χ3n) is 2.08. The van der Waals surface area contributed by atoms with Gasteiger partial charge in [0.1, 0.15) is 5.82 Å². The van der Waals surface area contributed by atoms with Crippen molar-refractivity contribution in [2.24, 2.45) is 5.73 Å². The molecule has 0 radical (unpaired) electrons. The van der Waals surface area contributed by atoms with Crippen LogP contribution in [0.2, 0.25) is 0 Å². The summed E-state index contributed by atoms with van der Waals surface area (Å²) in [5.74, 6) is -1.05. The molecule has 0 saturated carbocycles. The Morgan fingerprint density at radius 3 is 2.75 bits per heavy atom. The van der Waals surface area contributed by atoms with E-state index in [0.29, 0.717) is 18.7 Å². The van der Waals surface area contributed by atoms with Gasteiger partial charge in [0.15, 0.2) is 0 Å². The molecule has 1 aromatic rings. The molecule has 0 atom stereocenters. The van der Waals surface area contributed by atoms with Crippen LogP contribution in [0.5, 0.6) is 0 Å². The van der Waals surface area contributed by atoms with Gasteiger partial charge in [0.25, 0.3) is 0 Å². The van der Waals surface area contributed by atoms with Gasteiger partial charge in [-0.05, 0) is 19.1 Å². The molecule has 3 nitrogen and oxygen atoms in total. The second-order valence-electron chi connectivity index (χ2n) is 3.73. The summed E-state index contributed by atoms with van der Waals surface area (Å²) in [5.41, 5.74) is 6.71. The maximum Gasteiger partial charge on any atom is 0.248 e. The Bertz CT molecular complexity index is 415. The van der Waals surface area contributed by atoms with Crippen molar-refractivity contribution < 1.29 is 9.18 Å². The summed E-state index contributed by atoms with van der Waals surface area (Å²) in [6.45, 7) is 6.65. The van der Waals surface area contributed by atoms with Gasteiger partial charge < -0.3 is 11.1 Å². The van der Waals surface area contributed by atoms with E-state index in [4.69, 9.17) is 5.73 Å². The van der Waals surface area contributed by atoms with Gasteiger partial charge >= 0.3 is 0 Å². The van der Waals surface area contributed by atoms with Crippen molar-refractivity contribution in [2.75, 3.05) is 6.54 Å². The molecular weight excluding hydrogens is 207 g/mol. The molecule has 1 rings (SSSR count). The Morgan fingerprint density at radius 2 is 2.25 bits per heavy atom. The lowest BCUT2D eigenvalue weighted by atomic mass is 10.1. The van der Waals surface area contributed by atoms with E-state index < -0.39 is 11.7 Å².